The summed E-state index contributed by atoms with van der Waals surface area (Å²) < 4.78 is 11.5. The lowest BCUT2D eigenvalue weighted by atomic mass is 9.81. The summed E-state index contributed by atoms with van der Waals surface area (Å²) in [6, 6.07) is 0. The average molecular weight is 200 g/mol. The second-order valence-electron chi connectivity index (χ2n) is 6.43. The van der Waals surface area contributed by atoms with Crippen LogP contribution in [-0.4, -0.2) is 19.5 Å². The summed E-state index contributed by atoms with van der Waals surface area (Å²) in [5.74, 6) is 0.515. The van der Waals surface area contributed by atoms with E-state index in [1.165, 1.54) is 0 Å². The maximum absolute atomic E-state index is 5.76. The predicted octanol–water partition coefficient (Wildman–Crippen LogP) is 3.07. The van der Waals surface area contributed by atoms with Crippen LogP contribution in [0.4, 0.5) is 0 Å². The Morgan fingerprint density at radius 1 is 0.786 bits per heavy atom. The van der Waals surface area contributed by atoms with Crippen molar-refractivity contribution in [1.29, 1.82) is 0 Å². The van der Waals surface area contributed by atoms with Crippen molar-refractivity contribution in [2.24, 2.45) is 16.7 Å². The van der Waals surface area contributed by atoms with Gasteiger partial charge < -0.3 is 9.47 Å². The van der Waals surface area contributed by atoms with Crippen molar-refractivity contribution >= 4 is 0 Å². The van der Waals surface area contributed by atoms with Gasteiger partial charge in [-0.1, -0.05) is 41.5 Å². The third-order valence-corrected chi connectivity index (χ3v) is 2.83. The Kier molecular flexibility index (Phi) is 3.27. The summed E-state index contributed by atoms with van der Waals surface area (Å²) in [5.41, 5.74) is 0.367. The molecule has 14 heavy (non-hydrogen) atoms. The predicted molar refractivity (Wildman–Crippen MR) is 58.1 cm³/mol. The van der Waals surface area contributed by atoms with Gasteiger partial charge in [0.05, 0.1) is 13.2 Å². The minimum Gasteiger partial charge on any atom is -0.352 e. The molecule has 1 fully saturated rings. The third-order valence-electron chi connectivity index (χ3n) is 2.83. The number of ether oxygens (including phenoxy) is 2. The van der Waals surface area contributed by atoms with Crippen molar-refractivity contribution in [2.75, 3.05) is 13.2 Å². The smallest absolute Gasteiger partial charge is 0.162 e. The van der Waals surface area contributed by atoms with Gasteiger partial charge in [-0.3, -0.25) is 0 Å². The van der Waals surface area contributed by atoms with Crippen molar-refractivity contribution in [1.82, 2.24) is 0 Å². The molecule has 1 saturated heterocycles. The molecule has 2 nitrogen and oxygen atoms in total. The molecular weight excluding hydrogens is 176 g/mol. The van der Waals surface area contributed by atoms with E-state index in [0.29, 0.717) is 5.92 Å². The van der Waals surface area contributed by atoms with E-state index in [1.54, 1.807) is 0 Å². The van der Waals surface area contributed by atoms with Gasteiger partial charge >= 0.3 is 0 Å². The second-order valence-corrected chi connectivity index (χ2v) is 6.43. The summed E-state index contributed by atoms with van der Waals surface area (Å²) in [4.78, 5) is 0. The van der Waals surface area contributed by atoms with Crippen molar-refractivity contribution in [3.8, 4) is 0 Å². The number of hydrogen-bond donors (Lipinski definition) is 0. The van der Waals surface area contributed by atoms with Crippen LogP contribution in [0.2, 0.25) is 0 Å². The van der Waals surface area contributed by atoms with Crippen molar-refractivity contribution < 1.29 is 9.47 Å². The molecule has 1 heterocycles. The van der Waals surface area contributed by atoms with Gasteiger partial charge in [-0.15, -0.1) is 0 Å². The van der Waals surface area contributed by atoms with Crippen LogP contribution in [0.1, 0.15) is 41.5 Å². The molecule has 1 aliphatic heterocycles. The SMILES string of the molecule is CC(C)(C)C1COC(C(C)(C)C)OC1. The maximum atomic E-state index is 5.76. The first-order valence-electron chi connectivity index (χ1n) is 5.44. The van der Waals surface area contributed by atoms with Gasteiger partial charge in [0.15, 0.2) is 6.29 Å². The van der Waals surface area contributed by atoms with Crippen LogP contribution >= 0.6 is 0 Å². The zero-order valence-electron chi connectivity index (χ0n) is 10.4. The molecule has 0 atom stereocenters. The van der Waals surface area contributed by atoms with Gasteiger partial charge in [0.1, 0.15) is 0 Å². The first-order valence-corrected chi connectivity index (χ1v) is 5.44. The van der Waals surface area contributed by atoms with Gasteiger partial charge in [-0.05, 0) is 5.41 Å². The molecule has 1 rings (SSSR count). The topological polar surface area (TPSA) is 18.5 Å². The monoisotopic (exact) mass is 200 g/mol. The Balaban J connectivity index is 2.47. The molecule has 0 radical (unpaired) electrons. The van der Waals surface area contributed by atoms with Gasteiger partial charge in [-0.2, -0.15) is 0 Å². The Morgan fingerprint density at radius 3 is 1.50 bits per heavy atom. The summed E-state index contributed by atoms with van der Waals surface area (Å²) in [6.07, 6.45) is -0.0406. The van der Waals surface area contributed by atoms with E-state index in [0.717, 1.165) is 13.2 Å². The Bertz CT molecular complexity index is 155. The van der Waals surface area contributed by atoms with Crippen molar-refractivity contribution in [3.63, 3.8) is 0 Å². The maximum Gasteiger partial charge on any atom is 0.162 e. The van der Waals surface area contributed by atoms with Crippen LogP contribution < -0.4 is 0 Å². The first-order chi connectivity index (χ1) is 6.21. The molecule has 2 heteroatoms. The van der Waals surface area contributed by atoms with Gasteiger partial charge in [-0.25, -0.2) is 0 Å². The summed E-state index contributed by atoms with van der Waals surface area (Å²) in [7, 11) is 0. The molecule has 0 aromatic heterocycles. The zero-order valence-corrected chi connectivity index (χ0v) is 10.4. The Hall–Kier alpha value is -0.0800. The quantitative estimate of drug-likeness (QED) is 0.598. The fraction of sp³-hybridized carbons (Fsp3) is 1.00. The van der Waals surface area contributed by atoms with Crippen molar-refractivity contribution in [3.05, 3.63) is 0 Å². The minimum absolute atomic E-state index is 0.0406. The lowest BCUT2D eigenvalue weighted by Crippen LogP contribution is -2.43. The molecule has 0 aliphatic carbocycles. The zero-order chi connectivity index (χ0) is 11.0. The van der Waals surface area contributed by atoms with Crippen molar-refractivity contribution in [2.45, 2.75) is 47.8 Å². The van der Waals surface area contributed by atoms with E-state index in [1.807, 2.05) is 0 Å². The third kappa shape index (κ3) is 2.96. The molecular formula is C12H24O2. The molecule has 84 valence electrons. The molecule has 0 spiro atoms. The van der Waals surface area contributed by atoms with E-state index < -0.39 is 0 Å². The lowest BCUT2D eigenvalue weighted by Gasteiger charge is -2.41. The van der Waals surface area contributed by atoms with Gasteiger partial charge in [0, 0.05) is 11.3 Å². The van der Waals surface area contributed by atoms with Crippen LogP contribution in [0.25, 0.3) is 0 Å². The molecule has 0 saturated carbocycles. The van der Waals surface area contributed by atoms with E-state index in [-0.39, 0.29) is 17.1 Å². The van der Waals surface area contributed by atoms with Gasteiger partial charge in [0.25, 0.3) is 0 Å². The van der Waals surface area contributed by atoms with E-state index in [9.17, 15) is 0 Å². The van der Waals surface area contributed by atoms with E-state index >= 15 is 0 Å². The molecule has 0 aromatic carbocycles. The molecule has 1 aliphatic rings. The normalized spacial score (nSPS) is 30.4. The van der Waals surface area contributed by atoms with Crippen LogP contribution in [0, 0.1) is 16.7 Å². The van der Waals surface area contributed by atoms with Crippen LogP contribution in [0.3, 0.4) is 0 Å². The van der Waals surface area contributed by atoms with Gasteiger partial charge in [0.2, 0.25) is 0 Å². The van der Waals surface area contributed by atoms with E-state index in [2.05, 4.69) is 41.5 Å². The summed E-state index contributed by atoms with van der Waals surface area (Å²) in [6.45, 7) is 14.8. The first kappa shape index (κ1) is 12.0. The Morgan fingerprint density at radius 2 is 1.21 bits per heavy atom. The second kappa shape index (κ2) is 3.82. The summed E-state index contributed by atoms with van der Waals surface area (Å²) >= 11 is 0. The largest absolute Gasteiger partial charge is 0.352 e. The highest BCUT2D eigenvalue weighted by Crippen LogP contribution is 2.34. The molecule has 0 aromatic rings. The van der Waals surface area contributed by atoms with E-state index in [4.69, 9.17) is 9.47 Å². The standard InChI is InChI=1S/C12H24O2/c1-11(2,3)9-7-13-10(14-8-9)12(4,5)6/h9-10H,7-8H2,1-6H3. The molecule has 0 N–H and O–H groups in total. The fourth-order valence-electron chi connectivity index (χ4n) is 1.50. The van der Waals surface area contributed by atoms with Crippen LogP contribution in [0.5, 0.6) is 0 Å². The number of hydrogen-bond acceptors (Lipinski definition) is 2. The Labute approximate surface area is 88.0 Å². The number of rotatable bonds is 0. The fourth-order valence-corrected chi connectivity index (χ4v) is 1.50. The highest BCUT2D eigenvalue weighted by molar-refractivity contribution is 4.78. The highest BCUT2D eigenvalue weighted by Gasteiger charge is 2.35. The average Bonchev–Trinajstić information content (AvgIpc) is 2.01. The van der Waals surface area contributed by atoms with Crippen LogP contribution in [0.15, 0.2) is 0 Å². The molecule has 0 amide bonds. The summed E-state index contributed by atoms with van der Waals surface area (Å²) in [5, 5.41) is 0. The highest BCUT2D eigenvalue weighted by atomic mass is 16.7. The minimum atomic E-state index is -0.0406. The van der Waals surface area contributed by atoms with Crippen LogP contribution in [-0.2, 0) is 9.47 Å². The lowest BCUT2D eigenvalue weighted by molar-refractivity contribution is -0.253. The molecule has 0 unspecified atom stereocenters. The molecule has 0 bridgehead atoms.